The molecule has 7 heteroatoms. The summed E-state index contributed by atoms with van der Waals surface area (Å²) in [6.07, 6.45) is 3.64. The summed E-state index contributed by atoms with van der Waals surface area (Å²) in [5, 5.41) is 0. The number of hydrogen-bond acceptors (Lipinski definition) is 3. The average Bonchev–Trinajstić information content (AvgIpc) is 3.46. The monoisotopic (exact) mass is 374 g/mol. The quantitative estimate of drug-likeness (QED) is 0.893. The van der Waals surface area contributed by atoms with Crippen molar-refractivity contribution in [3.8, 4) is 0 Å². The molecule has 1 aliphatic heterocycles. The van der Waals surface area contributed by atoms with Crippen molar-refractivity contribution in [2.24, 2.45) is 5.92 Å². The smallest absolute Gasteiger partial charge is 0.261 e. The van der Waals surface area contributed by atoms with E-state index in [1.54, 1.807) is 17.0 Å². The lowest BCUT2D eigenvalue weighted by molar-refractivity contribution is -0.119. The molecule has 0 bridgehead atoms. The Kier molecular flexibility index (Phi) is 4.19. The zero-order chi connectivity index (χ0) is 18.3. The van der Waals surface area contributed by atoms with Crippen LogP contribution in [0, 0.1) is 11.7 Å². The number of nitrogens with zero attached hydrogens (tertiary/aromatic N) is 1. The predicted octanol–water partition coefficient (Wildman–Crippen LogP) is 3.32. The zero-order valence-corrected chi connectivity index (χ0v) is 14.9. The van der Waals surface area contributed by atoms with Gasteiger partial charge in [-0.2, -0.15) is 0 Å². The minimum atomic E-state index is -3.82. The van der Waals surface area contributed by atoms with E-state index in [1.807, 2.05) is 6.07 Å². The van der Waals surface area contributed by atoms with Gasteiger partial charge in [0.1, 0.15) is 5.82 Å². The fraction of sp³-hybridized carbons (Fsp3) is 0.316. The van der Waals surface area contributed by atoms with E-state index in [4.69, 9.17) is 0 Å². The van der Waals surface area contributed by atoms with Crippen LogP contribution in [0.5, 0.6) is 0 Å². The SMILES string of the molecule is O=C(C1CC1)N1CCCc2ccc(NS(=O)(=O)c3ccc(F)cc3)cc21. The molecule has 0 radical (unpaired) electrons. The summed E-state index contributed by atoms with van der Waals surface area (Å²) in [6, 6.07) is 9.94. The number of anilines is 2. The third-order valence-electron chi connectivity index (χ3n) is 4.77. The molecule has 1 heterocycles. The third kappa shape index (κ3) is 3.31. The number of sulfonamides is 1. The largest absolute Gasteiger partial charge is 0.312 e. The van der Waals surface area contributed by atoms with E-state index in [1.165, 1.54) is 12.1 Å². The molecule has 0 atom stereocenters. The van der Waals surface area contributed by atoms with Gasteiger partial charge >= 0.3 is 0 Å². The molecule has 2 aromatic rings. The number of nitrogens with one attached hydrogen (secondary N) is 1. The van der Waals surface area contributed by atoms with Crippen molar-refractivity contribution in [1.82, 2.24) is 0 Å². The highest BCUT2D eigenvalue weighted by atomic mass is 32.2. The first-order valence-electron chi connectivity index (χ1n) is 8.67. The van der Waals surface area contributed by atoms with Crippen molar-refractivity contribution in [3.05, 3.63) is 53.8 Å². The van der Waals surface area contributed by atoms with Gasteiger partial charge in [-0.15, -0.1) is 0 Å². The second-order valence-electron chi connectivity index (χ2n) is 6.77. The van der Waals surface area contributed by atoms with Crippen molar-refractivity contribution >= 4 is 27.3 Å². The summed E-state index contributed by atoms with van der Waals surface area (Å²) in [6.45, 7) is 0.663. The number of fused-ring (bicyclic) bond motifs is 1. The van der Waals surface area contributed by atoms with Crippen LogP contribution in [0.4, 0.5) is 15.8 Å². The molecule has 4 rings (SSSR count). The van der Waals surface area contributed by atoms with Gasteiger partial charge in [-0.05, 0) is 67.6 Å². The number of aryl methyl sites for hydroxylation is 1. The number of hydrogen-bond donors (Lipinski definition) is 1. The molecule has 0 spiro atoms. The first-order valence-corrected chi connectivity index (χ1v) is 10.1. The van der Waals surface area contributed by atoms with E-state index in [0.29, 0.717) is 12.2 Å². The van der Waals surface area contributed by atoms with Crippen molar-refractivity contribution in [3.63, 3.8) is 0 Å². The summed E-state index contributed by atoms with van der Waals surface area (Å²) in [7, 11) is -3.82. The molecule has 0 aromatic heterocycles. The summed E-state index contributed by atoms with van der Waals surface area (Å²) < 4.78 is 40.5. The molecule has 1 saturated carbocycles. The normalized spacial score (nSPS) is 16.9. The minimum absolute atomic E-state index is 0.0115. The molecule has 1 N–H and O–H groups in total. The van der Waals surface area contributed by atoms with Crippen LogP contribution < -0.4 is 9.62 Å². The van der Waals surface area contributed by atoms with Crippen molar-refractivity contribution in [1.29, 1.82) is 0 Å². The van der Waals surface area contributed by atoms with Gasteiger partial charge in [-0.1, -0.05) is 6.07 Å². The Hall–Kier alpha value is -2.41. The summed E-state index contributed by atoms with van der Waals surface area (Å²) in [5.41, 5.74) is 2.23. The Morgan fingerprint density at radius 1 is 1.12 bits per heavy atom. The van der Waals surface area contributed by atoms with Crippen LogP contribution in [0.1, 0.15) is 24.8 Å². The molecule has 2 aliphatic rings. The Morgan fingerprint density at radius 3 is 2.54 bits per heavy atom. The van der Waals surface area contributed by atoms with E-state index < -0.39 is 15.8 Å². The minimum Gasteiger partial charge on any atom is -0.312 e. The molecule has 26 heavy (non-hydrogen) atoms. The highest BCUT2D eigenvalue weighted by Gasteiger charge is 2.35. The van der Waals surface area contributed by atoms with E-state index in [0.717, 1.165) is 49.1 Å². The number of amides is 1. The van der Waals surface area contributed by atoms with E-state index in [9.17, 15) is 17.6 Å². The third-order valence-corrected chi connectivity index (χ3v) is 6.17. The highest BCUT2D eigenvalue weighted by molar-refractivity contribution is 7.92. The van der Waals surface area contributed by atoms with Crippen molar-refractivity contribution in [2.75, 3.05) is 16.2 Å². The molecule has 1 aliphatic carbocycles. The second-order valence-corrected chi connectivity index (χ2v) is 8.45. The fourth-order valence-electron chi connectivity index (χ4n) is 3.25. The van der Waals surface area contributed by atoms with Crippen LogP contribution in [-0.2, 0) is 21.2 Å². The maximum absolute atomic E-state index is 13.0. The maximum Gasteiger partial charge on any atom is 0.261 e. The van der Waals surface area contributed by atoms with Gasteiger partial charge < -0.3 is 4.90 Å². The van der Waals surface area contributed by atoms with Gasteiger partial charge in [0.05, 0.1) is 10.6 Å². The lowest BCUT2D eigenvalue weighted by Crippen LogP contribution is -2.36. The van der Waals surface area contributed by atoms with Gasteiger partial charge in [0.2, 0.25) is 5.91 Å². The number of halogens is 1. The number of carbonyl (C=O) groups is 1. The van der Waals surface area contributed by atoms with E-state index in [2.05, 4.69) is 4.72 Å². The lowest BCUT2D eigenvalue weighted by atomic mass is 10.0. The zero-order valence-electron chi connectivity index (χ0n) is 14.1. The number of benzene rings is 2. The Bertz CT molecular complexity index is 953. The summed E-state index contributed by atoms with van der Waals surface area (Å²) >= 11 is 0. The molecule has 2 aromatic carbocycles. The predicted molar refractivity (Wildman–Crippen MR) is 97.0 cm³/mol. The second kappa shape index (κ2) is 6.39. The van der Waals surface area contributed by atoms with Gasteiger partial charge in [0.25, 0.3) is 10.0 Å². The van der Waals surface area contributed by atoms with E-state index >= 15 is 0 Å². The summed E-state index contributed by atoms with van der Waals surface area (Å²) in [4.78, 5) is 14.3. The Labute approximate surface area is 151 Å². The van der Waals surface area contributed by atoms with Gasteiger partial charge in [-0.25, -0.2) is 12.8 Å². The van der Waals surface area contributed by atoms with Crippen LogP contribution in [-0.4, -0.2) is 20.9 Å². The standard InChI is InChI=1S/C19H19FN2O3S/c20-15-6-9-17(10-7-15)26(24,25)21-16-8-5-13-2-1-11-22(18(13)12-16)19(23)14-3-4-14/h5-10,12,14,21H,1-4,11H2. The number of carbonyl (C=O) groups excluding carboxylic acids is 1. The average molecular weight is 374 g/mol. The maximum atomic E-state index is 13.0. The van der Waals surface area contributed by atoms with Crippen molar-refractivity contribution < 1.29 is 17.6 Å². The topological polar surface area (TPSA) is 66.5 Å². The fourth-order valence-corrected chi connectivity index (χ4v) is 4.29. The van der Waals surface area contributed by atoms with Crippen LogP contribution in [0.15, 0.2) is 47.4 Å². The lowest BCUT2D eigenvalue weighted by Gasteiger charge is -2.30. The first kappa shape index (κ1) is 17.0. The van der Waals surface area contributed by atoms with E-state index in [-0.39, 0.29) is 16.7 Å². The van der Waals surface area contributed by atoms with Crippen LogP contribution in [0.3, 0.4) is 0 Å². The van der Waals surface area contributed by atoms with Crippen molar-refractivity contribution in [2.45, 2.75) is 30.6 Å². The van der Waals surface area contributed by atoms with Gasteiger partial charge in [-0.3, -0.25) is 9.52 Å². The molecule has 0 unspecified atom stereocenters. The molecular formula is C19H19FN2O3S. The molecule has 1 amide bonds. The number of rotatable bonds is 4. The summed E-state index contributed by atoms with van der Waals surface area (Å²) in [5.74, 6) is -0.253. The van der Waals surface area contributed by atoms with Gasteiger partial charge in [0, 0.05) is 18.2 Å². The molecule has 1 fully saturated rings. The van der Waals surface area contributed by atoms with Gasteiger partial charge in [0.15, 0.2) is 0 Å². The van der Waals surface area contributed by atoms with Crippen LogP contribution in [0.25, 0.3) is 0 Å². The Morgan fingerprint density at radius 2 is 1.85 bits per heavy atom. The molecule has 0 saturated heterocycles. The first-order chi connectivity index (χ1) is 12.4. The molecule has 136 valence electrons. The molecular weight excluding hydrogens is 355 g/mol. The van der Waals surface area contributed by atoms with Crippen LogP contribution in [0.2, 0.25) is 0 Å². The van der Waals surface area contributed by atoms with Crippen LogP contribution >= 0.6 is 0 Å². The highest BCUT2D eigenvalue weighted by Crippen LogP contribution is 2.37. The molecule has 5 nitrogen and oxygen atoms in total. The Balaban J connectivity index is 1.63.